The molecule has 0 fully saturated rings. The van der Waals surface area contributed by atoms with Crippen LogP contribution in [0.5, 0.6) is 0 Å². The normalized spacial score (nSPS) is 10.0. The van der Waals surface area contributed by atoms with Crippen molar-refractivity contribution in [3.63, 3.8) is 0 Å². The van der Waals surface area contributed by atoms with Crippen molar-refractivity contribution in [1.82, 2.24) is 13.2 Å². The molecule has 2 aromatic rings. The summed E-state index contributed by atoms with van der Waals surface area (Å²) in [6, 6.07) is 5.84. The van der Waals surface area contributed by atoms with Crippen LogP contribution in [0.25, 0.3) is 11.5 Å². The van der Waals surface area contributed by atoms with E-state index in [0.29, 0.717) is 0 Å². The first-order valence-corrected chi connectivity index (χ1v) is 4.96. The molecule has 0 N–H and O–H groups in total. The summed E-state index contributed by atoms with van der Waals surface area (Å²) in [5, 5.41) is 0. The molecule has 57 valence electrons. The van der Waals surface area contributed by atoms with Crippen molar-refractivity contribution in [2.45, 2.75) is 0 Å². The molecular weight excluding hydrogens is 208 g/mol. The fourth-order valence-electron chi connectivity index (χ4n) is 1.04. The molecule has 0 aromatic carbocycles. The molecule has 0 amide bonds. The van der Waals surface area contributed by atoms with Crippen LogP contribution in [0, 0.1) is 0 Å². The molecule has 0 spiro atoms. The van der Waals surface area contributed by atoms with E-state index in [9.17, 15) is 0 Å². The number of hydrogen-bond acceptors (Lipinski definition) is 2. The van der Waals surface area contributed by atoms with Gasteiger partial charge in [0.15, 0.2) is 0 Å². The Balaban J connectivity index is 2.51. The molecule has 0 aliphatic heterocycles. The Labute approximate surface area is 80.7 Å². The zero-order chi connectivity index (χ0) is 8.39. The first-order chi connectivity index (χ1) is 5.88. The fourth-order valence-corrected chi connectivity index (χ4v) is 1.75. The Morgan fingerprint density at radius 2 is 2.08 bits per heavy atom. The third kappa shape index (κ3) is 1.30. The van der Waals surface area contributed by atoms with Crippen LogP contribution in [0.15, 0.2) is 36.8 Å². The molecule has 4 heteroatoms. The van der Waals surface area contributed by atoms with E-state index in [1.165, 1.54) is 0 Å². The van der Waals surface area contributed by atoms with Crippen LogP contribution in [0.3, 0.4) is 0 Å². The van der Waals surface area contributed by atoms with Gasteiger partial charge in [-0.2, -0.15) is 0 Å². The minimum absolute atomic E-state index is 0.939. The van der Waals surface area contributed by atoms with Crippen molar-refractivity contribution < 1.29 is 0 Å². The van der Waals surface area contributed by atoms with Gasteiger partial charge in [-0.3, -0.25) is 0 Å². The number of imidazole rings is 1. The molecule has 0 atom stereocenters. The van der Waals surface area contributed by atoms with Crippen molar-refractivity contribution in [1.29, 1.82) is 0 Å². The first-order valence-electron chi connectivity index (χ1n) is 3.63. The van der Waals surface area contributed by atoms with Gasteiger partial charge >= 0.3 is 80.4 Å². The SMILES string of the molecule is [GaH][n]1ccnc1-c1ccccn1. The summed E-state index contributed by atoms with van der Waals surface area (Å²) in [6.07, 6.45) is 5.54. The molecule has 0 saturated carbocycles. The van der Waals surface area contributed by atoms with Crippen molar-refractivity contribution in [3.05, 3.63) is 36.8 Å². The Morgan fingerprint density at radius 3 is 2.67 bits per heavy atom. The van der Waals surface area contributed by atoms with E-state index in [4.69, 9.17) is 0 Å². The van der Waals surface area contributed by atoms with Gasteiger partial charge in [-0.1, -0.05) is 0 Å². The predicted octanol–water partition coefficient (Wildman–Crippen LogP) is 0.609. The quantitative estimate of drug-likeness (QED) is 0.652. The molecule has 0 bridgehead atoms. The number of pyridine rings is 1. The van der Waals surface area contributed by atoms with Gasteiger partial charge in [0.05, 0.1) is 0 Å². The van der Waals surface area contributed by atoms with E-state index in [0.717, 1.165) is 30.4 Å². The average molecular weight is 215 g/mol. The van der Waals surface area contributed by atoms with Crippen LogP contribution >= 0.6 is 0 Å². The zero-order valence-corrected chi connectivity index (χ0v) is 9.48. The maximum atomic E-state index is 4.22. The number of rotatable bonds is 1. The van der Waals surface area contributed by atoms with Crippen LogP contribution in [0.1, 0.15) is 0 Å². The van der Waals surface area contributed by atoms with E-state index in [-0.39, 0.29) is 0 Å². The van der Waals surface area contributed by atoms with Gasteiger partial charge in [0.2, 0.25) is 0 Å². The molecule has 0 saturated heterocycles. The Hall–Kier alpha value is -1.00. The molecule has 2 heterocycles. The molecule has 0 aliphatic carbocycles. The Bertz CT molecular complexity index is 369. The van der Waals surface area contributed by atoms with Gasteiger partial charge in [-0.15, -0.1) is 0 Å². The molecular formula is C8H7GaN3. The van der Waals surface area contributed by atoms with Crippen molar-refractivity contribution >= 4 is 18.8 Å². The van der Waals surface area contributed by atoms with Crippen molar-refractivity contribution in [3.8, 4) is 11.5 Å². The fraction of sp³-hybridized carbons (Fsp3) is 0. The second kappa shape index (κ2) is 3.16. The summed E-state index contributed by atoms with van der Waals surface area (Å²) in [6.45, 7) is 0. The first kappa shape index (κ1) is 7.64. The van der Waals surface area contributed by atoms with Gasteiger partial charge in [0.1, 0.15) is 0 Å². The van der Waals surface area contributed by atoms with Crippen molar-refractivity contribution in [2.75, 3.05) is 0 Å². The molecule has 1 radical (unpaired) electrons. The second-order valence-electron chi connectivity index (χ2n) is 2.44. The van der Waals surface area contributed by atoms with Gasteiger partial charge in [0, 0.05) is 0 Å². The summed E-state index contributed by atoms with van der Waals surface area (Å²) in [5.74, 6) is 0.954. The van der Waals surface area contributed by atoms with Crippen LogP contribution in [-0.4, -0.2) is 32.1 Å². The summed E-state index contributed by atoms with van der Waals surface area (Å²) >= 11 is 1.05. The number of aromatic nitrogens is 3. The molecule has 2 aromatic heterocycles. The standard InChI is InChI=1S/C8H6N3.Ga.H/c1-2-4-9-7(3-1)8-10-5-6-11-8;;/h1-6H;;/q-1;+1;. The van der Waals surface area contributed by atoms with Crippen LogP contribution in [-0.2, 0) is 0 Å². The summed E-state index contributed by atoms with van der Waals surface area (Å²) in [5.41, 5.74) is 0.939. The second-order valence-corrected chi connectivity index (χ2v) is 3.87. The van der Waals surface area contributed by atoms with E-state index < -0.39 is 0 Å². The third-order valence-corrected chi connectivity index (χ3v) is 2.68. The summed E-state index contributed by atoms with van der Waals surface area (Å²) < 4.78 is 2.07. The number of hydrogen-bond donors (Lipinski definition) is 0. The predicted molar refractivity (Wildman–Crippen MR) is 48.0 cm³/mol. The summed E-state index contributed by atoms with van der Waals surface area (Å²) in [4.78, 5) is 8.44. The molecule has 0 aliphatic rings. The van der Waals surface area contributed by atoms with Crippen LogP contribution in [0.4, 0.5) is 0 Å². The maximum absolute atomic E-state index is 4.22. The van der Waals surface area contributed by atoms with E-state index in [2.05, 4.69) is 13.2 Å². The number of nitrogens with zero attached hydrogens (tertiary/aromatic N) is 3. The molecule has 12 heavy (non-hydrogen) atoms. The molecule has 2 rings (SSSR count). The zero-order valence-electron chi connectivity index (χ0n) is 6.51. The van der Waals surface area contributed by atoms with Gasteiger partial charge in [-0.25, -0.2) is 0 Å². The summed E-state index contributed by atoms with van der Waals surface area (Å²) in [7, 11) is 0. The Morgan fingerprint density at radius 1 is 1.17 bits per heavy atom. The van der Waals surface area contributed by atoms with Crippen molar-refractivity contribution in [2.24, 2.45) is 0 Å². The topological polar surface area (TPSA) is 30.7 Å². The molecule has 3 nitrogen and oxygen atoms in total. The average Bonchev–Trinajstić information content (AvgIpc) is 2.53. The monoisotopic (exact) mass is 214 g/mol. The van der Waals surface area contributed by atoms with Gasteiger partial charge in [0.25, 0.3) is 0 Å². The van der Waals surface area contributed by atoms with E-state index >= 15 is 0 Å². The van der Waals surface area contributed by atoms with E-state index in [1.54, 1.807) is 12.4 Å². The van der Waals surface area contributed by atoms with Crippen LogP contribution < -0.4 is 0 Å². The van der Waals surface area contributed by atoms with Gasteiger partial charge in [-0.05, 0) is 0 Å². The molecule has 0 unspecified atom stereocenters. The van der Waals surface area contributed by atoms with E-state index in [1.807, 2.05) is 24.4 Å². The van der Waals surface area contributed by atoms with Gasteiger partial charge < -0.3 is 0 Å². The third-order valence-electron chi connectivity index (χ3n) is 1.61. The van der Waals surface area contributed by atoms with Crippen LogP contribution in [0.2, 0.25) is 0 Å². The minimum atomic E-state index is 0.939. The Kier molecular flexibility index (Phi) is 2.01.